The van der Waals surface area contributed by atoms with Crippen LogP contribution < -0.4 is 5.32 Å². The van der Waals surface area contributed by atoms with Gasteiger partial charge in [-0.05, 0) is 23.3 Å². The van der Waals surface area contributed by atoms with Crippen molar-refractivity contribution in [2.24, 2.45) is 0 Å². The summed E-state index contributed by atoms with van der Waals surface area (Å²) in [4.78, 5) is 29.0. The van der Waals surface area contributed by atoms with Gasteiger partial charge in [0.05, 0.1) is 11.3 Å². The molecular formula is C23H16N2O3S. The predicted octanol–water partition coefficient (Wildman–Crippen LogP) is 5.43. The SMILES string of the molecule is O=C(O)c1ccccc1-c1ccccc1C(=O)Nc1nc(-c2ccccc2)cs1. The number of nitrogens with zero attached hydrogens (tertiary/aromatic N) is 1. The molecule has 4 aromatic rings. The third kappa shape index (κ3) is 3.93. The maximum atomic E-state index is 12.9. The van der Waals surface area contributed by atoms with Crippen molar-refractivity contribution < 1.29 is 14.7 Å². The maximum absolute atomic E-state index is 12.9. The first kappa shape index (κ1) is 18.6. The van der Waals surface area contributed by atoms with Gasteiger partial charge in [-0.1, -0.05) is 66.7 Å². The van der Waals surface area contributed by atoms with Crippen LogP contribution in [0.4, 0.5) is 5.13 Å². The fraction of sp³-hybridized carbons (Fsp3) is 0. The molecule has 3 aromatic carbocycles. The molecule has 142 valence electrons. The minimum Gasteiger partial charge on any atom is -0.478 e. The highest BCUT2D eigenvalue weighted by atomic mass is 32.1. The lowest BCUT2D eigenvalue weighted by Crippen LogP contribution is -2.13. The van der Waals surface area contributed by atoms with Crippen LogP contribution in [0.25, 0.3) is 22.4 Å². The molecule has 2 N–H and O–H groups in total. The molecule has 1 amide bonds. The molecular weight excluding hydrogens is 384 g/mol. The largest absolute Gasteiger partial charge is 0.478 e. The molecule has 0 aliphatic heterocycles. The van der Waals surface area contributed by atoms with E-state index in [1.165, 1.54) is 17.4 Å². The summed E-state index contributed by atoms with van der Waals surface area (Å²) in [5.41, 5.74) is 3.35. The summed E-state index contributed by atoms with van der Waals surface area (Å²) in [7, 11) is 0. The van der Waals surface area contributed by atoms with Gasteiger partial charge in [0.15, 0.2) is 5.13 Å². The van der Waals surface area contributed by atoms with Gasteiger partial charge in [-0.2, -0.15) is 0 Å². The van der Waals surface area contributed by atoms with Crippen molar-refractivity contribution in [1.82, 2.24) is 4.98 Å². The number of carboxylic acids is 1. The van der Waals surface area contributed by atoms with Crippen LogP contribution in [0.5, 0.6) is 0 Å². The number of rotatable bonds is 5. The minimum atomic E-state index is -1.04. The first-order chi connectivity index (χ1) is 14.1. The first-order valence-electron chi connectivity index (χ1n) is 8.87. The topological polar surface area (TPSA) is 79.3 Å². The van der Waals surface area contributed by atoms with Crippen molar-refractivity contribution in [3.05, 3.63) is 95.4 Å². The maximum Gasteiger partial charge on any atom is 0.336 e. The van der Waals surface area contributed by atoms with Gasteiger partial charge in [-0.25, -0.2) is 9.78 Å². The van der Waals surface area contributed by atoms with Gasteiger partial charge in [0, 0.05) is 16.5 Å². The van der Waals surface area contributed by atoms with Crippen molar-refractivity contribution in [1.29, 1.82) is 0 Å². The van der Waals surface area contributed by atoms with Crippen LogP contribution in [-0.4, -0.2) is 22.0 Å². The van der Waals surface area contributed by atoms with Gasteiger partial charge in [0.1, 0.15) is 0 Å². The molecule has 0 unspecified atom stereocenters. The van der Waals surface area contributed by atoms with E-state index in [1.807, 2.05) is 35.7 Å². The molecule has 29 heavy (non-hydrogen) atoms. The monoisotopic (exact) mass is 400 g/mol. The summed E-state index contributed by atoms with van der Waals surface area (Å²) in [6.07, 6.45) is 0. The fourth-order valence-corrected chi connectivity index (χ4v) is 3.77. The zero-order chi connectivity index (χ0) is 20.2. The zero-order valence-electron chi connectivity index (χ0n) is 15.2. The van der Waals surface area contributed by atoms with Crippen molar-refractivity contribution in [2.45, 2.75) is 0 Å². The highest BCUT2D eigenvalue weighted by molar-refractivity contribution is 7.14. The van der Waals surface area contributed by atoms with E-state index < -0.39 is 5.97 Å². The van der Waals surface area contributed by atoms with E-state index in [-0.39, 0.29) is 11.5 Å². The predicted molar refractivity (Wildman–Crippen MR) is 114 cm³/mol. The van der Waals surface area contributed by atoms with Crippen LogP contribution in [0.1, 0.15) is 20.7 Å². The summed E-state index contributed by atoms with van der Waals surface area (Å²) < 4.78 is 0. The molecule has 5 nitrogen and oxygen atoms in total. The number of carboxylic acid groups (broad SMARTS) is 1. The molecule has 0 spiro atoms. The van der Waals surface area contributed by atoms with Crippen LogP contribution in [0.2, 0.25) is 0 Å². The standard InChI is InChI=1S/C23H16N2O3S/c26-21(25-23-24-20(14-29-23)15-8-2-1-3-9-15)18-12-6-4-10-16(18)17-11-5-7-13-19(17)22(27)28/h1-14H,(H,27,28)(H,24,25,26). The summed E-state index contributed by atoms with van der Waals surface area (Å²) >= 11 is 1.34. The second-order valence-corrected chi connectivity index (χ2v) is 7.11. The van der Waals surface area contributed by atoms with E-state index in [9.17, 15) is 14.7 Å². The third-order valence-corrected chi connectivity index (χ3v) is 5.17. The number of nitrogens with one attached hydrogen (secondary N) is 1. The number of amides is 1. The molecule has 0 aliphatic rings. The number of carbonyl (C=O) groups is 2. The Balaban J connectivity index is 1.65. The van der Waals surface area contributed by atoms with E-state index in [2.05, 4.69) is 10.3 Å². The lowest BCUT2D eigenvalue weighted by Gasteiger charge is -2.11. The fourth-order valence-electron chi connectivity index (χ4n) is 3.06. The summed E-state index contributed by atoms with van der Waals surface area (Å²) in [6, 6.07) is 23.3. The highest BCUT2D eigenvalue weighted by Crippen LogP contribution is 2.29. The lowest BCUT2D eigenvalue weighted by molar-refractivity contribution is 0.0697. The molecule has 0 saturated heterocycles. The van der Waals surface area contributed by atoms with Crippen LogP contribution in [0, 0.1) is 0 Å². The highest BCUT2D eigenvalue weighted by Gasteiger charge is 2.18. The molecule has 0 atom stereocenters. The Labute approximate surface area is 171 Å². The van der Waals surface area contributed by atoms with Crippen molar-refractivity contribution in [3.8, 4) is 22.4 Å². The zero-order valence-corrected chi connectivity index (χ0v) is 16.0. The molecule has 0 radical (unpaired) electrons. The smallest absolute Gasteiger partial charge is 0.336 e. The first-order valence-corrected chi connectivity index (χ1v) is 9.75. The Kier molecular flexibility index (Phi) is 5.18. The average Bonchev–Trinajstić information content (AvgIpc) is 3.23. The van der Waals surface area contributed by atoms with E-state index in [0.717, 1.165) is 11.3 Å². The van der Waals surface area contributed by atoms with Crippen LogP contribution >= 0.6 is 11.3 Å². The van der Waals surface area contributed by atoms with Crippen LogP contribution in [0.15, 0.2) is 84.2 Å². The number of hydrogen-bond donors (Lipinski definition) is 2. The normalized spacial score (nSPS) is 10.5. The number of carbonyl (C=O) groups excluding carboxylic acids is 1. The average molecular weight is 400 g/mol. The van der Waals surface area contributed by atoms with E-state index in [0.29, 0.717) is 21.8 Å². The Morgan fingerprint density at radius 3 is 2.07 bits per heavy atom. The second-order valence-electron chi connectivity index (χ2n) is 6.25. The van der Waals surface area contributed by atoms with E-state index in [1.54, 1.807) is 42.5 Å². The number of hydrogen-bond acceptors (Lipinski definition) is 4. The molecule has 1 heterocycles. The van der Waals surface area contributed by atoms with Gasteiger partial charge < -0.3 is 5.11 Å². The third-order valence-electron chi connectivity index (χ3n) is 4.41. The quantitative estimate of drug-likeness (QED) is 0.468. The number of aromatic nitrogens is 1. The number of aromatic carboxylic acids is 1. The van der Waals surface area contributed by atoms with Gasteiger partial charge >= 0.3 is 5.97 Å². The number of anilines is 1. The summed E-state index contributed by atoms with van der Waals surface area (Å²) in [5, 5.41) is 14.7. The number of thiazole rings is 1. The summed E-state index contributed by atoms with van der Waals surface area (Å²) in [5.74, 6) is -1.38. The van der Waals surface area contributed by atoms with Crippen LogP contribution in [0.3, 0.4) is 0 Å². The summed E-state index contributed by atoms with van der Waals surface area (Å²) in [6.45, 7) is 0. The molecule has 4 rings (SSSR count). The Hall–Kier alpha value is -3.77. The van der Waals surface area contributed by atoms with Gasteiger partial charge in [-0.15, -0.1) is 11.3 Å². The molecule has 6 heteroatoms. The van der Waals surface area contributed by atoms with E-state index >= 15 is 0 Å². The van der Waals surface area contributed by atoms with Crippen LogP contribution in [-0.2, 0) is 0 Å². The minimum absolute atomic E-state index is 0.147. The molecule has 0 bridgehead atoms. The molecule has 1 aromatic heterocycles. The molecule has 0 fully saturated rings. The van der Waals surface area contributed by atoms with Gasteiger partial charge in [0.25, 0.3) is 5.91 Å². The Morgan fingerprint density at radius 2 is 1.38 bits per heavy atom. The molecule has 0 aliphatic carbocycles. The Morgan fingerprint density at radius 1 is 0.793 bits per heavy atom. The van der Waals surface area contributed by atoms with Gasteiger partial charge in [0.2, 0.25) is 0 Å². The second kappa shape index (κ2) is 8.08. The molecule has 0 saturated carbocycles. The van der Waals surface area contributed by atoms with Crippen molar-refractivity contribution in [3.63, 3.8) is 0 Å². The Bertz CT molecular complexity index is 1190. The van der Waals surface area contributed by atoms with E-state index in [4.69, 9.17) is 0 Å². The van der Waals surface area contributed by atoms with Gasteiger partial charge in [-0.3, -0.25) is 10.1 Å². The lowest BCUT2D eigenvalue weighted by atomic mass is 9.95. The van der Waals surface area contributed by atoms with Crippen molar-refractivity contribution in [2.75, 3.05) is 5.32 Å². The van der Waals surface area contributed by atoms with Crippen molar-refractivity contribution >= 4 is 28.3 Å². The number of benzene rings is 3.